The van der Waals surface area contributed by atoms with Gasteiger partial charge in [-0.1, -0.05) is 0 Å². The minimum Gasteiger partial charge on any atom is -0.391 e. The first kappa shape index (κ1) is 11.0. The van der Waals surface area contributed by atoms with Crippen LogP contribution in [0, 0.1) is 0 Å². The van der Waals surface area contributed by atoms with E-state index in [2.05, 4.69) is 0 Å². The number of ether oxygens (including phenoxy) is 1. The topological polar surface area (TPSA) is 72.5 Å². The van der Waals surface area contributed by atoms with E-state index in [-0.39, 0.29) is 12.3 Å². The Hall–Kier alpha value is 0.0300. The van der Waals surface area contributed by atoms with Crippen LogP contribution in [0.3, 0.4) is 0 Å². The molecule has 0 aliphatic heterocycles. The Morgan fingerprint density at radius 2 is 2.36 bits per heavy atom. The molecule has 2 atom stereocenters. The SMILES string of the molecule is COCCS(=O)CC(O)CN. The van der Waals surface area contributed by atoms with Gasteiger partial charge in [0.15, 0.2) is 0 Å². The van der Waals surface area contributed by atoms with Crippen LogP contribution in [-0.2, 0) is 15.5 Å². The Labute approximate surface area is 69.2 Å². The molecule has 0 aromatic heterocycles. The zero-order chi connectivity index (χ0) is 8.69. The Morgan fingerprint density at radius 3 is 2.82 bits per heavy atom. The van der Waals surface area contributed by atoms with E-state index in [0.29, 0.717) is 12.4 Å². The van der Waals surface area contributed by atoms with Gasteiger partial charge >= 0.3 is 0 Å². The van der Waals surface area contributed by atoms with Gasteiger partial charge in [-0.2, -0.15) is 0 Å². The van der Waals surface area contributed by atoms with E-state index >= 15 is 0 Å². The van der Waals surface area contributed by atoms with Crippen molar-refractivity contribution in [2.75, 3.05) is 31.8 Å². The summed E-state index contributed by atoms with van der Waals surface area (Å²) in [7, 11) is 0.547. The van der Waals surface area contributed by atoms with Gasteiger partial charge in [-0.25, -0.2) is 0 Å². The van der Waals surface area contributed by atoms with E-state index in [4.69, 9.17) is 15.6 Å². The normalized spacial score (nSPS) is 16.3. The lowest BCUT2D eigenvalue weighted by Crippen LogP contribution is -2.27. The second kappa shape index (κ2) is 6.72. The highest BCUT2D eigenvalue weighted by Crippen LogP contribution is 1.88. The summed E-state index contributed by atoms with van der Waals surface area (Å²) in [4.78, 5) is 0. The zero-order valence-corrected chi connectivity index (χ0v) is 7.47. The Balaban J connectivity index is 3.36. The number of rotatable bonds is 6. The Morgan fingerprint density at radius 1 is 1.73 bits per heavy atom. The third-order valence-corrected chi connectivity index (χ3v) is 2.54. The van der Waals surface area contributed by atoms with E-state index in [0.717, 1.165) is 0 Å². The summed E-state index contributed by atoms with van der Waals surface area (Å²) < 4.78 is 15.7. The van der Waals surface area contributed by atoms with Crippen molar-refractivity contribution in [1.29, 1.82) is 0 Å². The summed E-state index contributed by atoms with van der Waals surface area (Å²) in [5, 5.41) is 8.97. The lowest BCUT2D eigenvalue weighted by Gasteiger charge is -2.06. The maximum atomic E-state index is 11.0. The summed E-state index contributed by atoms with van der Waals surface area (Å²) >= 11 is 0. The first-order valence-electron chi connectivity index (χ1n) is 3.42. The molecule has 0 radical (unpaired) electrons. The van der Waals surface area contributed by atoms with Crippen molar-refractivity contribution in [2.24, 2.45) is 5.73 Å². The van der Waals surface area contributed by atoms with Crippen LogP contribution in [-0.4, -0.2) is 47.2 Å². The zero-order valence-electron chi connectivity index (χ0n) is 6.66. The second-order valence-corrected chi connectivity index (χ2v) is 3.81. The van der Waals surface area contributed by atoms with Gasteiger partial charge < -0.3 is 15.6 Å². The molecular weight excluding hydrogens is 166 g/mol. The van der Waals surface area contributed by atoms with Crippen molar-refractivity contribution in [3.63, 3.8) is 0 Å². The van der Waals surface area contributed by atoms with Gasteiger partial charge in [0.25, 0.3) is 0 Å². The van der Waals surface area contributed by atoms with Crippen LogP contribution in [0.25, 0.3) is 0 Å². The van der Waals surface area contributed by atoms with E-state index in [1.165, 1.54) is 0 Å². The summed E-state index contributed by atoms with van der Waals surface area (Å²) in [5.41, 5.74) is 5.13. The number of aliphatic hydroxyl groups is 1. The van der Waals surface area contributed by atoms with Crippen LogP contribution >= 0.6 is 0 Å². The third-order valence-electron chi connectivity index (χ3n) is 1.17. The van der Waals surface area contributed by atoms with Gasteiger partial charge in [0.1, 0.15) is 0 Å². The molecule has 5 heteroatoms. The van der Waals surface area contributed by atoms with Crippen LogP contribution in [0.15, 0.2) is 0 Å². The predicted octanol–water partition coefficient (Wildman–Crippen LogP) is -1.30. The molecule has 0 fully saturated rings. The average molecular weight is 181 g/mol. The monoisotopic (exact) mass is 181 g/mol. The maximum Gasteiger partial charge on any atom is 0.0777 e. The Kier molecular flexibility index (Phi) is 6.74. The molecule has 0 aromatic carbocycles. The lowest BCUT2D eigenvalue weighted by atomic mass is 10.4. The van der Waals surface area contributed by atoms with E-state index in [1.807, 2.05) is 0 Å². The molecule has 0 heterocycles. The minimum atomic E-state index is -1.00. The summed E-state index contributed by atoms with van der Waals surface area (Å²) in [5.74, 6) is 0.716. The Bertz CT molecular complexity index is 120. The molecule has 4 nitrogen and oxygen atoms in total. The van der Waals surface area contributed by atoms with Crippen molar-refractivity contribution >= 4 is 10.8 Å². The number of hydrogen-bond acceptors (Lipinski definition) is 4. The van der Waals surface area contributed by atoms with Gasteiger partial charge in [0.05, 0.1) is 18.5 Å². The first-order chi connectivity index (χ1) is 5.20. The molecule has 0 aromatic rings. The summed E-state index contributed by atoms with van der Waals surface area (Å²) in [6.45, 7) is 0.628. The first-order valence-corrected chi connectivity index (χ1v) is 4.91. The number of methoxy groups -OCH3 is 1. The molecule has 2 unspecified atom stereocenters. The van der Waals surface area contributed by atoms with Crippen LogP contribution in [0.1, 0.15) is 0 Å². The molecule has 11 heavy (non-hydrogen) atoms. The van der Waals surface area contributed by atoms with Crippen molar-refractivity contribution in [3.05, 3.63) is 0 Å². The van der Waals surface area contributed by atoms with Gasteiger partial charge in [-0.3, -0.25) is 4.21 Å². The van der Waals surface area contributed by atoms with E-state index < -0.39 is 16.9 Å². The highest BCUT2D eigenvalue weighted by atomic mass is 32.2. The smallest absolute Gasteiger partial charge is 0.0777 e. The van der Waals surface area contributed by atoms with E-state index in [1.54, 1.807) is 7.11 Å². The van der Waals surface area contributed by atoms with E-state index in [9.17, 15) is 4.21 Å². The molecular formula is C6H15NO3S. The minimum absolute atomic E-state index is 0.165. The molecule has 0 rings (SSSR count). The van der Waals surface area contributed by atoms with Gasteiger partial charge in [0.2, 0.25) is 0 Å². The highest BCUT2D eigenvalue weighted by molar-refractivity contribution is 7.85. The van der Waals surface area contributed by atoms with Crippen LogP contribution in [0.4, 0.5) is 0 Å². The molecule has 0 aliphatic carbocycles. The highest BCUT2D eigenvalue weighted by Gasteiger charge is 2.06. The summed E-state index contributed by atoms with van der Waals surface area (Å²) in [6.07, 6.45) is -0.646. The van der Waals surface area contributed by atoms with Crippen LogP contribution in [0.2, 0.25) is 0 Å². The molecule has 3 N–H and O–H groups in total. The van der Waals surface area contributed by atoms with Crippen LogP contribution < -0.4 is 5.73 Å². The van der Waals surface area contributed by atoms with Gasteiger partial charge in [0, 0.05) is 30.2 Å². The summed E-state index contributed by atoms with van der Waals surface area (Å²) in [6, 6.07) is 0. The number of hydrogen-bond donors (Lipinski definition) is 2. The van der Waals surface area contributed by atoms with Gasteiger partial charge in [-0.15, -0.1) is 0 Å². The fourth-order valence-corrected chi connectivity index (χ4v) is 1.63. The molecule has 0 bridgehead atoms. The van der Waals surface area contributed by atoms with Crippen LogP contribution in [0.5, 0.6) is 0 Å². The van der Waals surface area contributed by atoms with Crippen molar-refractivity contribution < 1.29 is 14.1 Å². The third kappa shape index (κ3) is 6.43. The quantitative estimate of drug-likeness (QED) is 0.534. The molecule has 0 aliphatic rings. The molecule has 0 amide bonds. The molecule has 0 spiro atoms. The largest absolute Gasteiger partial charge is 0.391 e. The molecule has 68 valence electrons. The fourth-order valence-electron chi connectivity index (χ4n) is 0.542. The van der Waals surface area contributed by atoms with Crippen molar-refractivity contribution in [1.82, 2.24) is 0 Å². The van der Waals surface area contributed by atoms with Crippen molar-refractivity contribution in [3.8, 4) is 0 Å². The second-order valence-electron chi connectivity index (χ2n) is 2.19. The molecule has 0 saturated carbocycles. The predicted molar refractivity (Wildman–Crippen MR) is 44.8 cm³/mol. The molecule has 0 saturated heterocycles. The fraction of sp³-hybridized carbons (Fsp3) is 1.00. The van der Waals surface area contributed by atoms with Gasteiger partial charge in [-0.05, 0) is 0 Å². The van der Waals surface area contributed by atoms with Crippen molar-refractivity contribution in [2.45, 2.75) is 6.10 Å². The lowest BCUT2D eigenvalue weighted by molar-refractivity contribution is 0.205. The average Bonchev–Trinajstić information content (AvgIpc) is 2.00. The standard InChI is InChI=1S/C6H15NO3S/c1-10-2-3-11(9)5-6(8)4-7/h6,8H,2-5,7H2,1H3. The number of aliphatic hydroxyl groups excluding tert-OH is 1. The number of nitrogens with two attached hydrogens (primary N) is 1. The maximum absolute atomic E-state index is 11.0.